The number of carbonyl (C=O) groups is 1. The van der Waals surface area contributed by atoms with Crippen LogP contribution >= 0.6 is 23.4 Å². The summed E-state index contributed by atoms with van der Waals surface area (Å²) in [4.78, 5) is 14.8. The Morgan fingerprint density at radius 3 is 2.54 bits per heavy atom. The molecule has 1 saturated heterocycles. The number of hydrogen-bond acceptors (Lipinski definition) is 3. The number of nitrogens with zero attached hydrogens (tertiary/aromatic N) is 1. The van der Waals surface area contributed by atoms with Crippen molar-refractivity contribution in [2.45, 2.75) is 50.4 Å². The van der Waals surface area contributed by atoms with Gasteiger partial charge in [0.05, 0.1) is 12.6 Å². The fraction of sp³-hybridized carbons (Fsp3) is 0.632. The summed E-state index contributed by atoms with van der Waals surface area (Å²) in [5, 5.41) is 0.718. The number of ether oxygens (including phenoxy) is 1. The van der Waals surface area contributed by atoms with E-state index in [9.17, 15) is 4.79 Å². The van der Waals surface area contributed by atoms with Crippen molar-refractivity contribution in [3.05, 3.63) is 34.9 Å². The summed E-state index contributed by atoms with van der Waals surface area (Å²) in [5.41, 5.74) is 1.11. The van der Waals surface area contributed by atoms with Crippen molar-refractivity contribution in [3.8, 4) is 0 Å². The molecular formula is C19H26ClNO2S. The molecule has 1 aliphatic heterocycles. The zero-order valence-corrected chi connectivity index (χ0v) is 16.2. The van der Waals surface area contributed by atoms with Gasteiger partial charge < -0.3 is 9.64 Å². The quantitative estimate of drug-likeness (QED) is 0.764. The van der Waals surface area contributed by atoms with E-state index >= 15 is 0 Å². The molecule has 2 fully saturated rings. The van der Waals surface area contributed by atoms with Gasteiger partial charge in [-0.1, -0.05) is 44.5 Å². The van der Waals surface area contributed by atoms with Crippen LogP contribution in [0.3, 0.4) is 0 Å². The maximum absolute atomic E-state index is 12.7. The number of morpholine rings is 1. The van der Waals surface area contributed by atoms with Crippen LogP contribution in [0.2, 0.25) is 5.02 Å². The molecule has 1 aliphatic carbocycles. The molecule has 0 aromatic heterocycles. The molecular weight excluding hydrogens is 342 g/mol. The van der Waals surface area contributed by atoms with Gasteiger partial charge in [0.2, 0.25) is 5.91 Å². The van der Waals surface area contributed by atoms with Gasteiger partial charge in [-0.15, -0.1) is 0 Å². The van der Waals surface area contributed by atoms with Gasteiger partial charge in [-0.3, -0.25) is 4.79 Å². The highest BCUT2D eigenvalue weighted by Gasteiger charge is 2.43. The molecule has 0 bridgehead atoms. The summed E-state index contributed by atoms with van der Waals surface area (Å²) in [6.45, 7) is 7.47. The summed E-state index contributed by atoms with van der Waals surface area (Å²) >= 11 is 7.97. The van der Waals surface area contributed by atoms with Crippen LogP contribution in [-0.4, -0.2) is 40.6 Å². The molecule has 5 heteroatoms. The van der Waals surface area contributed by atoms with E-state index in [-0.39, 0.29) is 23.3 Å². The lowest BCUT2D eigenvalue weighted by Crippen LogP contribution is -2.51. The van der Waals surface area contributed by atoms with Gasteiger partial charge in [0.1, 0.15) is 6.61 Å². The second kappa shape index (κ2) is 7.27. The first-order valence-corrected chi connectivity index (χ1v) is 10.00. The molecule has 0 N–H and O–H groups in total. The Balaban J connectivity index is 1.84. The van der Waals surface area contributed by atoms with E-state index in [1.54, 1.807) is 0 Å². The average molecular weight is 368 g/mol. The van der Waals surface area contributed by atoms with Crippen molar-refractivity contribution in [1.82, 2.24) is 4.90 Å². The lowest BCUT2D eigenvalue weighted by Gasteiger charge is -2.42. The van der Waals surface area contributed by atoms with E-state index in [0.29, 0.717) is 18.6 Å². The summed E-state index contributed by atoms with van der Waals surface area (Å²) in [7, 11) is 0. The highest BCUT2D eigenvalue weighted by Crippen LogP contribution is 2.42. The molecule has 1 amide bonds. The first-order chi connectivity index (χ1) is 11.3. The zero-order valence-electron chi connectivity index (χ0n) is 14.6. The van der Waals surface area contributed by atoms with E-state index in [0.717, 1.165) is 16.3 Å². The molecule has 1 unspecified atom stereocenters. The summed E-state index contributed by atoms with van der Waals surface area (Å²) in [6.07, 6.45) is 2.46. The predicted octanol–water partition coefficient (Wildman–Crippen LogP) is 4.55. The van der Waals surface area contributed by atoms with Crippen molar-refractivity contribution < 1.29 is 9.53 Å². The smallest absolute Gasteiger partial charge is 0.249 e. The number of hydrogen-bond donors (Lipinski definition) is 0. The monoisotopic (exact) mass is 367 g/mol. The summed E-state index contributed by atoms with van der Waals surface area (Å²) in [5.74, 6) is 1.74. The number of halogens is 1. The van der Waals surface area contributed by atoms with E-state index in [4.69, 9.17) is 16.3 Å². The average Bonchev–Trinajstić information content (AvgIpc) is 3.33. The summed E-state index contributed by atoms with van der Waals surface area (Å²) < 4.78 is 5.78. The Morgan fingerprint density at radius 1 is 1.29 bits per heavy atom. The van der Waals surface area contributed by atoms with Gasteiger partial charge in [0.15, 0.2) is 0 Å². The molecule has 3 rings (SSSR count). The number of rotatable bonds is 5. The van der Waals surface area contributed by atoms with Crippen LogP contribution in [0.1, 0.15) is 45.2 Å². The molecule has 1 aromatic rings. The van der Waals surface area contributed by atoms with E-state index in [1.807, 2.05) is 36.0 Å². The van der Waals surface area contributed by atoms with Gasteiger partial charge in [0.25, 0.3) is 0 Å². The van der Waals surface area contributed by atoms with Crippen molar-refractivity contribution >= 4 is 29.3 Å². The minimum absolute atomic E-state index is 0.00492. The second-order valence-electron chi connectivity index (χ2n) is 7.71. The Labute approximate surface area is 154 Å². The Bertz CT molecular complexity index is 580. The van der Waals surface area contributed by atoms with Gasteiger partial charge in [-0.05, 0) is 36.5 Å². The van der Waals surface area contributed by atoms with Crippen molar-refractivity contribution in [2.24, 2.45) is 5.92 Å². The molecule has 1 aromatic carbocycles. The Morgan fingerprint density at radius 2 is 1.96 bits per heavy atom. The van der Waals surface area contributed by atoms with Crippen LogP contribution < -0.4 is 0 Å². The van der Waals surface area contributed by atoms with E-state index in [2.05, 4.69) is 25.7 Å². The summed E-state index contributed by atoms with van der Waals surface area (Å²) in [6, 6.07) is 8.11. The fourth-order valence-electron chi connectivity index (χ4n) is 3.20. The highest BCUT2D eigenvalue weighted by molar-refractivity contribution is 8.00. The second-order valence-corrected chi connectivity index (χ2v) is 9.99. The Hall–Kier alpha value is -0.710. The third-order valence-electron chi connectivity index (χ3n) is 4.59. The van der Waals surface area contributed by atoms with Gasteiger partial charge in [0, 0.05) is 21.6 Å². The third-order valence-corrected chi connectivity index (χ3v) is 6.22. The van der Waals surface area contributed by atoms with Crippen LogP contribution in [0.15, 0.2) is 24.3 Å². The molecule has 0 radical (unpaired) electrons. The van der Waals surface area contributed by atoms with E-state index < -0.39 is 0 Å². The fourth-order valence-corrected chi connectivity index (χ4v) is 4.43. The predicted molar refractivity (Wildman–Crippen MR) is 101 cm³/mol. The molecule has 1 saturated carbocycles. The van der Waals surface area contributed by atoms with Crippen LogP contribution in [0, 0.1) is 5.92 Å². The van der Waals surface area contributed by atoms with Crippen molar-refractivity contribution in [3.63, 3.8) is 0 Å². The first kappa shape index (κ1) is 18.1. The molecule has 0 spiro atoms. The first-order valence-electron chi connectivity index (χ1n) is 8.63. The zero-order chi connectivity index (χ0) is 17.3. The largest absolute Gasteiger partial charge is 0.369 e. The van der Waals surface area contributed by atoms with Crippen LogP contribution in [0.4, 0.5) is 0 Å². The van der Waals surface area contributed by atoms with Crippen LogP contribution in [-0.2, 0) is 9.53 Å². The molecule has 2 aliphatic rings. The molecule has 2 atom stereocenters. The molecule has 24 heavy (non-hydrogen) atoms. The van der Waals surface area contributed by atoms with E-state index in [1.165, 1.54) is 12.8 Å². The SMILES string of the molecule is CC(C)(C)SCC(C1CC1)N1C(=O)COC[C@H]1c1ccc(Cl)cc1. The number of amides is 1. The number of thioether (sulfide) groups is 1. The molecule has 132 valence electrons. The van der Waals surface area contributed by atoms with Crippen LogP contribution in [0.25, 0.3) is 0 Å². The van der Waals surface area contributed by atoms with Crippen LogP contribution in [0.5, 0.6) is 0 Å². The maximum atomic E-state index is 12.7. The highest BCUT2D eigenvalue weighted by atomic mass is 35.5. The normalized spacial score (nSPS) is 23.4. The van der Waals surface area contributed by atoms with Crippen molar-refractivity contribution in [2.75, 3.05) is 19.0 Å². The van der Waals surface area contributed by atoms with Gasteiger partial charge in [-0.2, -0.15) is 11.8 Å². The Kier molecular flexibility index (Phi) is 5.48. The maximum Gasteiger partial charge on any atom is 0.249 e. The topological polar surface area (TPSA) is 29.5 Å². The minimum Gasteiger partial charge on any atom is -0.369 e. The van der Waals surface area contributed by atoms with Crippen molar-refractivity contribution in [1.29, 1.82) is 0 Å². The standard InChI is InChI=1S/C19H26ClNO2S/c1-19(2,3)24-12-17(14-4-5-14)21-16(10-23-11-18(21)22)13-6-8-15(20)9-7-13/h6-9,14,16-17H,4-5,10-12H2,1-3H3/t16-,17?/m0/s1. The minimum atomic E-state index is -0.00492. The lowest BCUT2D eigenvalue weighted by molar-refractivity contribution is -0.152. The third kappa shape index (κ3) is 4.47. The molecule has 1 heterocycles. The lowest BCUT2D eigenvalue weighted by atomic mass is 10.0. The number of benzene rings is 1. The van der Waals surface area contributed by atoms with Gasteiger partial charge >= 0.3 is 0 Å². The number of carbonyl (C=O) groups excluding carboxylic acids is 1. The van der Waals surface area contributed by atoms with Gasteiger partial charge in [-0.25, -0.2) is 0 Å². The molecule has 3 nitrogen and oxygen atoms in total.